The highest BCUT2D eigenvalue weighted by atomic mass is 32.2. The van der Waals surface area contributed by atoms with Crippen molar-refractivity contribution in [1.82, 2.24) is 4.98 Å². The highest BCUT2D eigenvalue weighted by Gasteiger charge is 2.18. The lowest BCUT2D eigenvalue weighted by Crippen LogP contribution is -2.05. The number of rotatable bonds is 3. The molecule has 0 unspecified atom stereocenters. The van der Waals surface area contributed by atoms with E-state index in [1.165, 1.54) is 11.3 Å². The van der Waals surface area contributed by atoms with E-state index in [1.807, 2.05) is 25.1 Å². The van der Waals surface area contributed by atoms with Gasteiger partial charge in [-0.15, -0.1) is 11.3 Å². The van der Waals surface area contributed by atoms with E-state index in [0.29, 0.717) is 5.36 Å². The third-order valence-electron chi connectivity index (χ3n) is 4.40. The number of sulfone groups is 1. The van der Waals surface area contributed by atoms with Crippen molar-refractivity contribution >= 4 is 47.2 Å². The Bertz CT molecular complexity index is 1560. The Morgan fingerprint density at radius 1 is 0.967 bits per heavy atom. The van der Waals surface area contributed by atoms with E-state index in [-0.39, 0.29) is 10.6 Å². The van der Waals surface area contributed by atoms with Gasteiger partial charge in [-0.1, -0.05) is 6.07 Å². The molecule has 4 rings (SSSR count). The summed E-state index contributed by atoms with van der Waals surface area (Å²) in [5.74, 6) is 0. The molecule has 0 bridgehead atoms. The van der Waals surface area contributed by atoms with Crippen LogP contribution in [0.3, 0.4) is 0 Å². The average molecular weight is 461 g/mol. The molecule has 0 spiro atoms. The first-order valence-corrected chi connectivity index (χ1v) is 12.8. The van der Waals surface area contributed by atoms with Gasteiger partial charge >= 0.3 is 0 Å². The zero-order valence-electron chi connectivity index (χ0n) is 15.9. The molecule has 1 heterocycles. The lowest BCUT2D eigenvalue weighted by Gasteiger charge is -2.08. The molecule has 30 heavy (non-hydrogen) atoms. The molecule has 0 aromatic heterocycles. The molecular formula is C20H16N2O5S3. The smallest absolute Gasteiger partial charge is 0.282 e. The van der Waals surface area contributed by atoms with Gasteiger partial charge in [-0.2, -0.15) is 8.42 Å². The van der Waals surface area contributed by atoms with Crippen molar-refractivity contribution in [3.63, 3.8) is 0 Å². The standard InChI is InChI=1S/C20H16N2O5S3/c1-12-3-7-18-16(9-12)22-15-6-4-13(10-19(15)28-18)21-17-11-14(30(25,26)27)5-8-20(17)29(2,23)24/h3-11H,1-2H3,(H,25,26,27)/b21-13-. The summed E-state index contributed by atoms with van der Waals surface area (Å²) < 4.78 is 57.5. The fourth-order valence-corrected chi connectivity index (χ4v) is 5.27. The third-order valence-corrected chi connectivity index (χ3v) is 7.50. The van der Waals surface area contributed by atoms with Crippen LogP contribution in [-0.2, 0) is 20.0 Å². The molecule has 1 N–H and O–H groups in total. The van der Waals surface area contributed by atoms with Gasteiger partial charge in [-0.05, 0) is 61.0 Å². The van der Waals surface area contributed by atoms with Crippen LogP contribution in [-0.4, -0.2) is 32.6 Å². The summed E-state index contributed by atoms with van der Waals surface area (Å²) in [6, 6.07) is 14.4. The molecular weight excluding hydrogens is 444 g/mol. The number of fused-ring (bicyclic) bond motifs is 2. The van der Waals surface area contributed by atoms with Crippen molar-refractivity contribution in [2.45, 2.75) is 16.7 Å². The van der Waals surface area contributed by atoms with Crippen LogP contribution in [0.5, 0.6) is 0 Å². The first-order valence-electron chi connectivity index (χ1n) is 8.68. The van der Waals surface area contributed by atoms with Crippen molar-refractivity contribution in [3.8, 4) is 10.6 Å². The zero-order chi connectivity index (χ0) is 21.7. The van der Waals surface area contributed by atoms with Crippen LogP contribution < -0.4 is 5.36 Å². The van der Waals surface area contributed by atoms with E-state index in [4.69, 9.17) is 0 Å². The first-order chi connectivity index (χ1) is 14.0. The van der Waals surface area contributed by atoms with Gasteiger partial charge in [0, 0.05) is 6.26 Å². The molecule has 0 fully saturated rings. The number of aromatic nitrogens is 1. The predicted octanol–water partition coefficient (Wildman–Crippen LogP) is 3.59. The van der Waals surface area contributed by atoms with Gasteiger partial charge in [0.2, 0.25) is 0 Å². The number of aryl methyl sites for hydroxylation is 1. The molecule has 2 aliphatic rings. The van der Waals surface area contributed by atoms with E-state index in [2.05, 4.69) is 9.98 Å². The fraction of sp³-hybridized carbons (Fsp3) is 0.100. The highest BCUT2D eigenvalue weighted by Crippen LogP contribution is 2.31. The monoisotopic (exact) mass is 460 g/mol. The lowest BCUT2D eigenvalue weighted by atomic mass is 10.2. The van der Waals surface area contributed by atoms with E-state index in [9.17, 15) is 21.4 Å². The molecule has 0 saturated carbocycles. The maximum absolute atomic E-state index is 12.1. The van der Waals surface area contributed by atoms with Crippen molar-refractivity contribution in [2.24, 2.45) is 4.99 Å². The van der Waals surface area contributed by atoms with Gasteiger partial charge in [0.15, 0.2) is 9.84 Å². The summed E-state index contributed by atoms with van der Waals surface area (Å²) in [7, 11) is -8.18. The summed E-state index contributed by atoms with van der Waals surface area (Å²) in [5.41, 5.74) is 2.70. The molecule has 1 aliphatic heterocycles. The fourth-order valence-electron chi connectivity index (χ4n) is 2.99. The van der Waals surface area contributed by atoms with Crippen molar-refractivity contribution < 1.29 is 21.4 Å². The summed E-state index contributed by atoms with van der Waals surface area (Å²) in [6.07, 6.45) is 1.01. The second-order valence-corrected chi connectivity index (χ2v) is 11.3. The molecule has 0 amide bonds. The normalized spacial score (nSPS) is 13.2. The summed E-state index contributed by atoms with van der Waals surface area (Å²) in [6.45, 7) is 2.00. The van der Waals surface area contributed by atoms with E-state index in [0.717, 1.165) is 50.8 Å². The van der Waals surface area contributed by atoms with Crippen LogP contribution >= 0.6 is 11.3 Å². The van der Waals surface area contributed by atoms with Crippen LogP contribution in [0.25, 0.3) is 20.8 Å². The largest absolute Gasteiger partial charge is 0.294 e. The first kappa shape index (κ1) is 20.6. The molecule has 0 atom stereocenters. The van der Waals surface area contributed by atoms with Crippen LogP contribution in [0.2, 0.25) is 0 Å². The van der Waals surface area contributed by atoms with Crippen molar-refractivity contribution in [2.75, 3.05) is 6.26 Å². The Hall–Kier alpha value is -2.66. The Labute approximate surface area is 177 Å². The van der Waals surface area contributed by atoms with E-state index in [1.54, 1.807) is 18.2 Å². The maximum Gasteiger partial charge on any atom is 0.294 e. The number of nitrogens with zero attached hydrogens (tertiary/aromatic N) is 2. The molecule has 1 aliphatic carbocycles. The number of hydrogen-bond acceptors (Lipinski definition) is 7. The second-order valence-electron chi connectivity index (χ2n) is 6.83. The van der Waals surface area contributed by atoms with Gasteiger partial charge in [0.05, 0.1) is 41.6 Å². The second kappa shape index (κ2) is 7.24. The summed E-state index contributed by atoms with van der Waals surface area (Å²) >= 11 is 1.53. The predicted molar refractivity (Wildman–Crippen MR) is 116 cm³/mol. The topological polar surface area (TPSA) is 114 Å². The quantitative estimate of drug-likeness (QED) is 0.369. The Morgan fingerprint density at radius 2 is 1.73 bits per heavy atom. The molecule has 2 aromatic rings. The Balaban J connectivity index is 1.95. The van der Waals surface area contributed by atoms with Gasteiger partial charge in [-0.25, -0.2) is 18.4 Å². The van der Waals surface area contributed by atoms with Gasteiger partial charge in [0.25, 0.3) is 10.1 Å². The molecule has 154 valence electrons. The van der Waals surface area contributed by atoms with Crippen LogP contribution in [0.4, 0.5) is 5.69 Å². The molecule has 2 aromatic carbocycles. The zero-order valence-corrected chi connectivity index (χ0v) is 18.3. The van der Waals surface area contributed by atoms with Crippen molar-refractivity contribution in [1.29, 1.82) is 0 Å². The minimum atomic E-state index is -4.51. The third kappa shape index (κ3) is 4.12. The molecule has 0 saturated heterocycles. The van der Waals surface area contributed by atoms with Gasteiger partial charge in [-0.3, -0.25) is 4.55 Å². The SMILES string of the molecule is Cc1ccc2sc3c/c(=N\c4cc(S(=O)(=O)O)ccc4S(C)(=O)=O)ccc-3nc2c1. The molecule has 7 nitrogen and oxygen atoms in total. The average Bonchev–Trinajstić information content (AvgIpc) is 2.65. The Morgan fingerprint density at radius 3 is 2.43 bits per heavy atom. The maximum atomic E-state index is 12.1. The van der Waals surface area contributed by atoms with Gasteiger partial charge in [0.1, 0.15) is 0 Å². The summed E-state index contributed by atoms with van der Waals surface area (Å²) in [5, 5.41) is 0.435. The van der Waals surface area contributed by atoms with Crippen LogP contribution in [0.15, 0.2) is 69.4 Å². The minimum Gasteiger partial charge on any atom is -0.282 e. The Kier molecular flexibility index (Phi) is 4.97. The van der Waals surface area contributed by atoms with E-state index >= 15 is 0 Å². The van der Waals surface area contributed by atoms with Gasteiger partial charge < -0.3 is 0 Å². The summed E-state index contributed by atoms with van der Waals surface area (Å²) in [4.78, 5) is 9.28. The van der Waals surface area contributed by atoms with Crippen molar-refractivity contribution in [3.05, 3.63) is 65.5 Å². The van der Waals surface area contributed by atoms with E-state index < -0.39 is 24.9 Å². The van der Waals surface area contributed by atoms with Crippen LogP contribution in [0, 0.1) is 6.92 Å². The molecule has 0 radical (unpaired) electrons. The van der Waals surface area contributed by atoms with Crippen LogP contribution in [0.1, 0.15) is 5.56 Å². The number of hydrogen-bond donors (Lipinski definition) is 1. The minimum absolute atomic E-state index is 0.0682. The highest BCUT2D eigenvalue weighted by molar-refractivity contribution is 7.91. The number of benzene rings is 3. The molecule has 10 heteroatoms. The lowest BCUT2D eigenvalue weighted by molar-refractivity contribution is 0.483.